The second-order valence-electron chi connectivity index (χ2n) is 7.51. The Labute approximate surface area is 200 Å². The van der Waals surface area contributed by atoms with E-state index < -0.39 is 27.4 Å². The third-order valence-electron chi connectivity index (χ3n) is 5.09. The van der Waals surface area contributed by atoms with Gasteiger partial charge in [0, 0.05) is 12.1 Å². The van der Waals surface area contributed by atoms with Crippen molar-refractivity contribution in [2.45, 2.75) is 18.0 Å². The normalized spacial score (nSPS) is 11.2. The molecule has 3 aromatic carbocycles. The number of carbonyl (C=O) groups excluding carboxylic acids is 2. The molecule has 0 atom stereocenters. The number of hydrazine groups is 1. The lowest BCUT2D eigenvalue weighted by Gasteiger charge is -2.11. The van der Waals surface area contributed by atoms with Crippen LogP contribution in [0.25, 0.3) is 11.0 Å². The predicted molar refractivity (Wildman–Crippen MR) is 129 cm³/mol. The van der Waals surface area contributed by atoms with E-state index in [4.69, 9.17) is 0 Å². The first-order valence-electron chi connectivity index (χ1n) is 10.5. The smallest absolute Gasteiger partial charge is 0.269 e. The van der Waals surface area contributed by atoms with Crippen molar-refractivity contribution in [1.29, 1.82) is 0 Å². The second kappa shape index (κ2) is 10.3. The summed E-state index contributed by atoms with van der Waals surface area (Å²) in [7, 11) is -3.87. The third-order valence-corrected chi connectivity index (χ3v) is 6.48. The minimum atomic E-state index is -3.87. The van der Waals surface area contributed by atoms with Crippen molar-refractivity contribution in [1.82, 2.24) is 25.1 Å². The van der Waals surface area contributed by atoms with Crippen molar-refractivity contribution in [2.24, 2.45) is 0 Å². The Morgan fingerprint density at radius 3 is 2.43 bits per heavy atom. The van der Waals surface area contributed by atoms with Crippen LogP contribution in [0, 0.1) is 0 Å². The van der Waals surface area contributed by atoms with Crippen molar-refractivity contribution in [3.05, 3.63) is 107 Å². The standard InChI is InChI=1S/C24H21N5O5S/c30-22(16-29-21-12-5-4-11-20(21)25-15-23(29)31)27-28-24(32)18-9-6-10-19(13-18)35(33,34)26-14-17-7-2-1-3-8-17/h1-13,15,26H,14,16H2,(H,27,30)(H,28,32). The number of nitrogens with zero attached hydrogens (tertiary/aromatic N) is 2. The van der Waals surface area contributed by atoms with Crippen LogP contribution in [-0.4, -0.2) is 29.8 Å². The first-order chi connectivity index (χ1) is 16.8. The van der Waals surface area contributed by atoms with E-state index in [-0.39, 0.29) is 23.5 Å². The van der Waals surface area contributed by atoms with Crippen LogP contribution >= 0.6 is 0 Å². The summed E-state index contributed by atoms with van der Waals surface area (Å²) in [4.78, 5) is 41.0. The fourth-order valence-electron chi connectivity index (χ4n) is 3.32. The minimum absolute atomic E-state index is 0.0272. The maximum atomic E-state index is 12.6. The molecule has 2 amide bonds. The zero-order valence-electron chi connectivity index (χ0n) is 18.3. The lowest BCUT2D eigenvalue weighted by atomic mass is 10.2. The van der Waals surface area contributed by atoms with Gasteiger partial charge in [0.15, 0.2) is 0 Å². The summed E-state index contributed by atoms with van der Waals surface area (Å²) in [6.07, 6.45) is 1.12. The molecule has 0 unspecified atom stereocenters. The number of carbonyl (C=O) groups is 2. The highest BCUT2D eigenvalue weighted by molar-refractivity contribution is 7.89. The van der Waals surface area contributed by atoms with Gasteiger partial charge in [-0.3, -0.25) is 29.8 Å². The zero-order valence-corrected chi connectivity index (χ0v) is 19.2. The summed E-state index contributed by atoms with van der Waals surface area (Å²) in [5.74, 6) is -1.37. The van der Waals surface area contributed by atoms with Crippen LogP contribution < -0.4 is 21.1 Å². The minimum Gasteiger partial charge on any atom is -0.296 e. The molecule has 0 spiro atoms. The monoisotopic (exact) mass is 491 g/mol. The molecule has 0 saturated carbocycles. The van der Waals surface area contributed by atoms with Crippen LogP contribution in [0.4, 0.5) is 0 Å². The molecule has 35 heavy (non-hydrogen) atoms. The molecule has 0 radical (unpaired) electrons. The van der Waals surface area contributed by atoms with Gasteiger partial charge in [0.2, 0.25) is 10.0 Å². The van der Waals surface area contributed by atoms with Crippen molar-refractivity contribution >= 4 is 32.9 Å². The van der Waals surface area contributed by atoms with Gasteiger partial charge in [0.25, 0.3) is 17.4 Å². The summed E-state index contributed by atoms with van der Waals surface area (Å²) >= 11 is 0. The molecule has 3 N–H and O–H groups in total. The van der Waals surface area contributed by atoms with Gasteiger partial charge in [-0.15, -0.1) is 0 Å². The Morgan fingerprint density at radius 2 is 1.63 bits per heavy atom. The molecule has 0 aliphatic rings. The quantitative estimate of drug-likeness (QED) is 0.334. The number of nitrogens with one attached hydrogen (secondary N) is 3. The topological polar surface area (TPSA) is 139 Å². The number of hydrogen-bond donors (Lipinski definition) is 3. The molecule has 1 aromatic heterocycles. The highest BCUT2D eigenvalue weighted by Gasteiger charge is 2.17. The van der Waals surface area contributed by atoms with Crippen molar-refractivity contribution in [3.63, 3.8) is 0 Å². The maximum absolute atomic E-state index is 12.6. The van der Waals surface area contributed by atoms with Crippen LogP contribution in [0.1, 0.15) is 15.9 Å². The van der Waals surface area contributed by atoms with Gasteiger partial charge < -0.3 is 0 Å². The lowest BCUT2D eigenvalue weighted by molar-refractivity contribution is -0.122. The van der Waals surface area contributed by atoms with E-state index >= 15 is 0 Å². The SMILES string of the molecule is O=C(Cn1c(=O)cnc2ccccc21)NNC(=O)c1cccc(S(=O)(=O)NCc2ccccc2)c1. The molecule has 0 bridgehead atoms. The fourth-order valence-corrected chi connectivity index (χ4v) is 4.38. The number of benzene rings is 3. The molecule has 1 heterocycles. The highest BCUT2D eigenvalue weighted by Crippen LogP contribution is 2.12. The third kappa shape index (κ3) is 5.78. The zero-order chi connectivity index (χ0) is 24.8. The molecule has 10 nitrogen and oxygen atoms in total. The van der Waals surface area contributed by atoms with E-state index in [1.165, 1.54) is 28.8 Å². The predicted octanol–water partition coefficient (Wildman–Crippen LogP) is 1.34. The van der Waals surface area contributed by atoms with E-state index in [1.807, 2.05) is 6.07 Å². The number of amides is 2. The van der Waals surface area contributed by atoms with E-state index in [1.54, 1.807) is 48.5 Å². The summed E-state index contributed by atoms with van der Waals surface area (Å²) in [6.45, 7) is -0.251. The summed E-state index contributed by atoms with van der Waals surface area (Å²) in [6, 6.07) is 21.3. The molecule has 0 aliphatic heterocycles. The average molecular weight is 492 g/mol. The summed E-state index contributed by atoms with van der Waals surface area (Å²) < 4.78 is 29.0. The second-order valence-corrected chi connectivity index (χ2v) is 9.28. The average Bonchev–Trinajstić information content (AvgIpc) is 2.88. The first kappa shape index (κ1) is 23.8. The van der Waals surface area contributed by atoms with Gasteiger partial charge in [-0.25, -0.2) is 18.1 Å². The van der Waals surface area contributed by atoms with Crippen molar-refractivity contribution in [2.75, 3.05) is 0 Å². The number of hydrogen-bond acceptors (Lipinski definition) is 6. The van der Waals surface area contributed by atoms with E-state index in [0.29, 0.717) is 11.0 Å². The van der Waals surface area contributed by atoms with Gasteiger partial charge in [0.1, 0.15) is 6.54 Å². The molecule has 0 saturated heterocycles. The number of rotatable bonds is 7. The summed E-state index contributed by atoms with van der Waals surface area (Å²) in [5.41, 5.74) is 5.85. The van der Waals surface area contributed by atoms with E-state index in [9.17, 15) is 22.8 Å². The molecule has 11 heteroatoms. The Kier molecular flexibility index (Phi) is 6.99. The Bertz CT molecular complexity index is 1550. The number of aromatic nitrogens is 2. The Balaban J connectivity index is 1.40. The summed E-state index contributed by atoms with van der Waals surface area (Å²) in [5, 5.41) is 0. The van der Waals surface area contributed by atoms with Crippen molar-refractivity contribution in [3.8, 4) is 0 Å². The largest absolute Gasteiger partial charge is 0.296 e. The van der Waals surface area contributed by atoms with Crippen LogP contribution in [0.15, 0.2) is 94.7 Å². The van der Waals surface area contributed by atoms with Crippen LogP contribution in [0.5, 0.6) is 0 Å². The Morgan fingerprint density at radius 1 is 0.886 bits per heavy atom. The van der Waals surface area contributed by atoms with Gasteiger partial charge in [0.05, 0.1) is 22.1 Å². The molecular formula is C24H21N5O5S. The fraction of sp³-hybridized carbons (Fsp3) is 0.0833. The molecular weight excluding hydrogens is 470 g/mol. The number of sulfonamides is 1. The van der Waals surface area contributed by atoms with Crippen LogP contribution in [0.3, 0.4) is 0 Å². The van der Waals surface area contributed by atoms with Crippen LogP contribution in [-0.2, 0) is 27.9 Å². The molecule has 4 rings (SSSR count). The van der Waals surface area contributed by atoms with Gasteiger partial charge in [-0.2, -0.15) is 0 Å². The van der Waals surface area contributed by atoms with E-state index in [2.05, 4.69) is 20.6 Å². The maximum Gasteiger partial charge on any atom is 0.269 e. The van der Waals surface area contributed by atoms with Crippen LogP contribution in [0.2, 0.25) is 0 Å². The lowest BCUT2D eigenvalue weighted by Crippen LogP contribution is -2.44. The Hall–Kier alpha value is -4.35. The number of para-hydroxylation sites is 2. The van der Waals surface area contributed by atoms with Gasteiger partial charge >= 0.3 is 0 Å². The molecule has 178 valence electrons. The molecule has 0 aliphatic carbocycles. The highest BCUT2D eigenvalue weighted by atomic mass is 32.2. The molecule has 0 fully saturated rings. The molecule has 4 aromatic rings. The van der Waals surface area contributed by atoms with E-state index in [0.717, 1.165) is 11.8 Å². The number of fused-ring (bicyclic) bond motifs is 1. The first-order valence-corrected chi connectivity index (χ1v) is 12.0. The van der Waals surface area contributed by atoms with Gasteiger partial charge in [-0.1, -0.05) is 48.5 Å². The van der Waals surface area contributed by atoms with Gasteiger partial charge in [-0.05, 0) is 35.9 Å². The van der Waals surface area contributed by atoms with Crippen molar-refractivity contribution < 1.29 is 18.0 Å².